The van der Waals surface area contributed by atoms with Crippen molar-refractivity contribution < 1.29 is 56.1 Å². The number of aryl methyl sites for hydroxylation is 1. The van der Waals surface area contributed by atoms with Crippen LogP contribution in [0.1, 0.15) is 74.4 Å². The fraction of sp³-hybridized carbons (Fsp3) is 0.528. The number of methoxy groups -OCH3 is 3. The van der Waals surface area contributed by atoms with Crippen molar-refractivity contribution in [3.63, 3.8) is 0 Å². The van der Waals surface area contributed by atoms with E-state index in [4.69, 9.17) is 23.1 Å². The number of hydrogen-bond acceptors (Lipinski definition) is 15. The van der Waals surface area contributed by atoms with E-state index in [0.29, 0.717) is 55.8 Å². The van der Waals surface area contributed by atoms with Crippen molar-refractivity contribution in [2.75, 3.05) is 73.1 Å². The number of benzene rings is 3. The standard InChI is InChI=1S/C53H66N4O12S/c1-10-50-21-13-23-57-25-22-51(44(50)57)38-26-39(42(65-7)27-41(38)56(6)45(51)53(62,48(60)67-9)46(50)69-33(3)58)52(47(59)66-8)29-34(30-68-70(63,64)35-18-16-32(2)17-19-35)28-49(4,61)31-55(5)24-20-37-36-14-11-12-15-40(36)54-43(37)52/h11-19,21,26-27,34,44-46,54,61-62H,10,20,22-25,28-31H2,1-9H3/t34-,44-,45+,46+,49-,50+,51?,52-,53-/m0/s1. The van der Waals surface area contributed by atoms with Gasteiger partial charge in [0.15, 0.2) is 6.10 Å². The monoisotopic (exact) mass is 982 g/mol. The smallest absolute Gasteiger partial charge is 0.344 e. The van der Waals surface area contributed by atoms with Crippen LogP contribution in [0.15, 0.2) is 77.7 Å². The molecule has 16 nitrogen and oxygen atoms in total. The van der Waals surface area contributed by atoms with Crippen molar-refractivity contribution >= 4 is 44.6 Å². The van der Waals surface area contributed by atoms with Crippen molar-refractivity contribution in [1.82, 2.24) is 14.8 Å². The number of aromatic nitrogens is 1. The highest BCUT2D eigenvalue weighted by molar-refractivity contribution is 7.86. The highest BCUT2D eigenvalue weighted by Gasteiger charge is 2.80. The summed E-state index contributed by atoms with van der Waals surface area (Å²) in [5, 5.41) is 26.6. The molecular formula is C53H66N4O12S. The zero-order valence-corrected chi connectivity index (χ0v) is 42.4. The van der Waals surface area contributed by atoms with E-state index in [1.54, 1.807) is 26.1 Å². The topological polar surface area (TPSA) is 197 Å². The number of nitrogens with one attached hydrogen (secondary N) is 1. The van der Waals surface area contributed by atoms with Gasteiger partial charge < -0.3 is 43.9 Å². The Morgan fingerprint density at radius 1 is 0.914 bits per heavy atom. The number of anilines is 1. The largest absolute Gasteiger partial charge is 0.496 e. The maximum atomic E-state index is 15.8. The molecule has 0 bridgehead atoms. The Morgan fingerprint density at radius 2 is 1.63 bits per heavy atom. The second-order valence-corrected chi connectivity index (χ2v) is 22.3. The molecule has 1 aliphatic carbocycles. The number of aliphatic hydroxyl groups is 2. The molecule has 0 radical (unpaired) electrons. The minimum Gasteiger partial charge on any atom is -0.496 e. The van der Waals surface area contributed by atoms with Crippen LogP contribution < -0.4 is 9.64 Å². The molecule has 70 heavy (non-hydrogen) atoms. The molecule has 4 aromatic rings. The van der Waals surface area contributed by atoms with Crippen molar-refractivity contribution in [2.24, 2.45) is 11.3 Å². The van der Waals surface area contributed by atoms with Crippen molar-refractivity contribution in [3.8, 4) is 5.75 Å². The Labute approximate surface area is 410 Å². The molecule has 17 heteroatoms. The number of likely N-dealkylation sites (N-methyl/N-ethyl adjacent to an activating group) is 2. The number of fused-ring (bicyclic) bond motifs is 4. The second-order valence-electron chi connectivity index (χ2n) is 20.7. The van der Waals surface area contributed by atoms with Gasteiger partial charge >= 0.3 is 17.9 Å². The van der Waals surface area contributed by atoms with Crippen LogP contribution in [-0.4, -0.2) is 149 Å². The summed E-state index contributed by atoms with van der Waals surface area (Å²) in [6.07, 6.45) is 3.83. The third-order valence-corrected chi connectivity index (χ3v) is 17.7. The quantitative estimate of drug-likeness (QED) is 0.0837. The third-order valence-electron chi connectivity index (χ3n) is 16.4. The van der Waals surface area contributed by atoms with Crippen LogP contribution >= 0.6 is 0 Å². The summed E-state index contributed by atoms with van der Waals surface area (Å²) < 4.78 is 58.0. The average molecular weight is 983 g/mol. The Hall–Kier alpha value is -5.30. The number of para-hydroxylation sites is 1. The first kappa shape index (κ1) is 49.7. The van der Waals surface area contributed by atoms with Crippen LogP contribution in [0.5, 0.6) is 5.75 Å². The van der Waals surface area contributed by atoms with Crippen molar-refractivity contribution in [2.45, 2.75) is 105 Å². The zero-order chi connectivity index (χ0) is 50.3. The van der Waals surface area contributed by atoms with Gasteiger partial charge in [-0.25, -0.2) is 4.79 Å². The second kappa shape index (κ2) is 17.8. The first-order valence-electron chi connectivity index (χ1n) is 24.1. The maximum absolute atomic E-state index is 15.8. The number of aromatic amines is 1. The predicted octanol–water partition coefficient (Wildman–Crippen LogP) is 4.93. The number of hydrogen-bond donors (Lipinski definition) is 3. The van der Waals surface area contributed by atoms with Gasteiger partial charge in [0.1, 0.15) is 11.2 Å². The zero-order valence-electron chi connectivity index (χ0n) is 41.5. The van der Waals surface area contributed by atoms with Crippen molar-refractivity contribution in [1.29, 1.82) is 0 Å². The van der Waals surface area contributed by atoms with Crippen LogP contribution in [0, 0.1) is 18.3 Å². The molecule has 4 aliphatic heterocycles. The molecule has 0 amide bonds. The van der Waals surface area contributed by atoms with Crippen LogP contribution in [0.2, 0.25) is 0 Å². The summed E-state index contributed by atoms with van der Waals surface area (Å²) >= 11 is 0. The fourth-order valence-electron chi connectivity index (χ4n) is 14.0. The number of ether oxygens (including phenoxy) is 4. The fourth-order valence-corrected chi connectivity index (χ4v) is 14.9. The van der Waals surface area contributed by atoms with Gasteiger partial charge in [-0.15, -0.1) is 0 Å². The molecule has 1 spiro atoms. The molecule has 1 unspecified atom stereocenters. The third kappa shape index (κ3) is 7.39. The Bertz CT molecular complexity index is 2860. The van der Waals surface area contributed by atoms with Gasteiger partial charge in [-0.05, 0) is 101 Å². The molecule has 376 valence electrons. The SMILES string of the molecule is CC[C@]12C=CCN3CCC4(c5cc([C@@]6(C(=O)OC)C[C@@H](COS(=O)(=O)c7ccc(C)cc7)C[C@](C)(O)CN(C)CCc7c6[nH]c6ccccc76)c(OC)cc5N(C)[C@H]4[C@@](O)(C(=O)OC)[C@@H]1OC(C)=O)[C@@H]32. The van der Waals surface area contributed by atoms with Gasteiger partial charge in [0.25, 0.3) is 10.1 Å². The predicted molar refractivity (Wildman–Crippen MR) is 261 cm³/mol. The first-order chi connectivity index (χ1) is 33.2. The summed E-state index contributed by atoms with van der Waals surface area (Å²) in [6, 6.07) is 16.5. The first-order valence-corrected chi connectivity index (χ1v) is 25.5. The Morgan fingerprint density at radius 3 is 2.30 bits per heavy atom. The minimum absolute atomic E-state index is 0.0170. The van der Waals surface area contributed by atoms with Crippen LogP contribution in [0.25, 0.3) is 10.9 Å². The van der Waals surface area contributed by atoms with E-state index in [1.165, 1.54) is 40.4 Å². The molecular weight excluding hydrogens is 917 g/mol. The summed E-state index contributed by atoms with van der Waals surface area (Å²) in [5.41, 5.74) is -3.02. The lowest BCUT2D eigenvalue weighted by Gasteiger charge is -2.63. The van der Waals surface area contributed by atoms with E-state index in [-0.39, 0.29) is 30.0 Å². The number of esters is 3. The molecule has 9 atom stereocenters. The normalized spacial score (nSPS) is 32.0. The number of H-pyrrole nitrogens is 1. The highest BCUT2D eigenvalue weighted by Crippen LogP contribution is 2.68. The molecule has 1 saturated heterocycles. The number of carbonyl (C=O) groups excluding carboxylic acids is 3. The Balaban J connectivity index is 1.34. The average Bonchev–Trinajstić information content (AvgIpc) is 3.98. The minimum atomic E-state index is -4.33. The molecule has 2 fully saturated rings. The molecule has 1 saturated carbocycles. The summed E-state index contributed by atoms with van der Waals surface area (Å²) in [6.45, 7) is 8.26. The molecule has 1 aromatic heterocycles. The van der Waals surface area contributed by atoms with E-state index in [1.807, 2.05) is 79.2 Å². The van der Waals surface area contributed by atoms with Crippen molar-refractivity contribution in [3.05, 3.63) is 101 Å². The summed E-state index contributed by atoms with van der Waals surface area (Å²) in [4.78, 5) is 53.4. The van der Waals surface area contributed by atoms with E-state index < -0.39 is 86.2 Å². The lowest BCUT2D eigenvalue weighted by atomic mass is 9.47. The maximum Gasteiger partial charge on any atom is 0.344 e. The number of nitrogens with zero attached hydrogens (tertiary/aromatic N) is 3. The van der Waals surface area contributed by atoms with E-state index in [0.717, 1.165) is 27.6 Å². The Kier molecular flexibility index (Phi) is 12.6. The molecule has 5 aliphatic rings. The van der Waals surface area contributed by atoms with E-state index in [2.05, 4.69) is 9.88 Å². The highest BCUT2D eigenvalue weighted by atomic mass is 32.2. The summed E-state index contributed by atoms with van der Waals surface area (Å²) in [5.74, 6) is -2.82. The van der Waals surface area contributed by atoms with E-state index >= 15 is 4.79 Å². The molecule has 3 N–H and O–H groups in total. The van der Waals surface area contributed by atoms with Gasteiger partial charge in [0, 0.05) is 84.4 Å². The molecule has 5 heterocycles. The van der Waals surface area contributed by atoms with Gasteiger partial charge in [0.05, 0.1) is 44.5 Å². The molecule has 3 aromatic carbocycles. The summed E-state index contributed by atoms with van der Waals surface area (Å²) in [7, 11) is 3.44. The van der Waals surface area contributed by atoms with Gasteiger partial charge in [-0.1, -0.05) is 55.0 Å². The number of rotatable bonds is 10. The van der Waals surface area contributed by atoms with Gasteiger partial charge in [-0.3, -0.25) is 18.7 Å². The van der Waals surface area contributed by atoms with Gasteiger partial charge in [-0.2, -0.15) is 8.42 Å². The number of carbonyl (C=O) groups is 3. The van der Waals surface area contributed by atoms with Crippen LogP contribution in [-0.2, 0) is 60.1 Å². The lowest BCUT2D eigenvalue weighted by molar-refractivity contribution is -0.228. The van der Waals surface area contributed by atoms with Crippen LogP contribution in [0.3, 0.4) is 0 Å². The molecule has 9 rings (SSSR count). The number of β-amino-alcohol motifs (C(OH)–C–C–N with tert-alkyl or cyclic N) is 1. The lowest BCUT2D eigenvalue weighted by Crippen LogP contribution is -2.81. The van der Waals surface area contributed by atoms with E-state index in [9.17, 15) is 28.2 Å². The van der Waals surface area contributed by atoms with Crippen LogP contribution in [0.4, 0.5) is 5.69 Å². The van der Waals surface area contributed by atoms with Gasteiger partial charge in [0.2, 0.25) is 5.60 Å².